The third kappa shape index (κ3) is 6.18. The number of pyridine rings is 1. The average molecular weight is 494 g/mol. The van der Waals surface area contributed by atoms with Gasteiger partial charge in [-0.3, -0.25) is 4.79 Å². The Morgan fingerprint density at radius 2 is 1.61 bits per heavy atom. The third-order valence-electron chi connectivity index (χ3n) is 5.48. The molecule has 0 saturated carbocycles. The number of ether oxygens (including phenoxy) is 1. The first-order valence-electron chi connectivity index (χ1n) is 11.0. The maximum atomic E-state index is 12.7. The summed E-state index contributed by atoms with van der Waals surface area (Å²) in [6, 6.07) is 20.6. The van der Waals surface area contributed by atoms with Gasteiger partial charge in [-0.15, -0.1) is 0 Å². The van der Waals surface area contributed by atoms with Crippen LogP contribution in [0.1, 0.15) is 27.2 Å². The van der Waals surface area contributed by atoms with Gasteiger partial charge < -0.3 is 15.2 Å². The van der Waals surface area contributed by atoms with Gasteiger partial charge in [0.15, 0.2) is 0 Å². The van der Waals surface area contributed by atoms with E-state index in [9.17, 15) is 27.9 Å². The molecule has 1 amide bonds. The van der Waals surface area contributed by atoms with Crippen molar-refractivity contribution in [3.8, 4) is 5.75 Å². The highest BCUT2D eigenvalue weighted by Crippen LogP contribution is 2.29. The SMILES string of the molecule is O=C(NC(Cc1ccc(OCc2ccc3ccccc3n2)cc1)C(=O)O)c1ccc(C(F)(F)F)cc1. The number of nitrogens with one attached hydrogen (secondary N) is 1. The van der Waals surface area contributed by atoms with Crippen LogP contribution in [0, 0.1) is 0 Å². The zero-order valence-corrected chi connectivity index (χ0v) is 18.8. The monoisotopic (exact) mass is 494 g/mol. The Morgan fingerprint density at radius 1 is 0.917 bits per heavy atom. The minimum atomic E-state index is -4.53. The number of amides is 1. The Balaban J connectivity index is 1.35. The molecule has 184 valence electrons. The molecule has 1 unspecified atom stereocenters. The van der Waals surface area contributed by atoms with Gasteiger partial charge in [0.05, 0.1) is 16.8 Å². The standard InChI is InChI=1S/C27H21F3N2O4/c28-27(29,30)20-10-7-19(8-11-20)25(33)32-24(26(34)35)15-17-5-13-22(14-6-17)36-16-21-12-9-18-3-1-2-4-23(18)31-21/h1-14,24H,15-16H2,(H,32,33)(H,34,35). The van der Waals surface area contributed by atoms with Crippen LogP contribution in [-0.2, 0) is 24.0 Å². The molecule has 0 bridgehead atoms. The molecule has 0 radical (unpaired) electrons. The summed E-state index contributed by atoms with van der Waals surface area (Å²) >= 11 is 0. The highest BCUT2D eigenvalue weighted by atomic mass is 19.4. The number of carbonyl (C=O) groups is 2. The van der Waals surface area contributed by atoms with Crippen molar-refractivity contribution in [3.63, 3.8) is 0 Å². The normalized spacial score (nSPS) is 12.2. The number of nitrogens with zero attached hydrogens (tertiary/aromatic N) is 1. The molecule has 0 spiro atoms. The summed E-state index contributed by atoms with van der Waals surface area (Å²) in [6.45, 7) is 0.255. The summed E-state index contributed by atoms with van der Waals surface area (Å²) < 4.78 is 43.9. The van der Waals surface area contributed by atoms with Crippen molar-refractivity contribution in [2.45, 2.75) is 25.2 Å². The fraction of sp³-hybridized carbons (Fsp3) is 0.148. The fourth-order valence-corrected chi connectivity index (χ4v) is 3.56. The molecule has 1 atom stereocenters. The second-order valence-electron chi connectivity index (χ2n) is 8.07. The van der Waals surface area contributed by atoms with Gasteiger partial charge >= 0.3 is 12.1 Å². The number of carboxylic acid groups (broad SMARTS) is 1. The van der Waals surface area contributed by atoms with Crippen LogP contribution >= 0.6 is 0 Å². The summed E-state index contributed by atoms with van der Waals surface area (Å²) in [5.41, 5.74) is 1.29. The number of aromatic nitrogens is 1. The molecule has 0 aliphatic rings. The molecule has 3 aromatic carbocycles. The molecule has 4 aromatic rings. The highest BCUT2D eigenvalue weighted by molar-refractivity contribution is 5.96. The molecule has 1 heterocycles. The van der Waals surface area contributed by atoms with Gasteiger partial charge in [0, 0.05) is 17.4 Å². The van der Waals surface area contributed by atoms with Crippen molar-refractivity contribution in [2.75, 3.05) is 0 Å². The Bertz CT molecular complexity index is 1370. The van der Waals surface area contributed by atoms with E-state index in [2.05, 4.69) is 10.3 Å². The predicted molar refractivity (Wildman–Crippen MR) is 127 cm³/mol. The molecule has 0 fully saturated rings. The number of halogens is 3. The van der Waals surface area contributed by atoms with Crippen molar-refractivity contribution < 1.29 is 32.6 Å². The summed E-state index contributed by atoms with van der Waals surface area (Å²) in [5.74, 6) is -1.48. The number of hydrogen-bond acceptors (Lipinski definition) is 4. The second-order valence-corrected chi connectivity index (χ2v) is 8.07. The van der Waals surface area contributed by atoms with E-state index in [1.54, 1.807) is 24.3 Å². The number of alkyl halides is 3. The number of fused-ring (bicyclic) bond motifs is 1. The lowest BCUT2D eigenvalue weighted by Gasteiger charge is -2.15. The second kappa shape index (κ2) is 10.5. The Labute approximate surface area is 204 Å². The largest absolute Gasteiger partial charge is 0.487 e. The van der Waals surface area contributed by atoms with Crippen LogP contribution in [0.4, 0.5) is 13.2 Å². The first-order chi connectivity index (χ1) is 17.2. The van der Waals surface area contributed by atoms with Crippen molar-refractivity contribution >= 4 is 22.8 Å². The highest BCUT2D eigenvalue weighted by Gasteiger charge is 2.30. The van der Waals surface area contributed by atoms with Crippen LogP contribution in [0.25, 0.3) is 10.9 Å². The molecular formula is C27H21F3N2O4. The van der Waals surface area contributed by atoms with E-state index in [0.29, 0.717) is 11.3 Å². The van der Waals surface area contributed by atoms with Crippen molar-refractivity contribution in [1.82, 2.24) is 10.3 Å². The number of carboxylic acids is 1. The molecule has 36 heavy (non-hydrogen) atoms. The summed E-state index contributed by atoms with van der Waals surface area (Å²) in [6.07, 6.45) is -4.55. The van der Waals surface area contributed by atoms with E-state index in [1.165, 1.54) is 0 Å². The smallest absolute Gasteiger partial charge is 0.416 e. The molecule has 0 aliphatic carbocycles. The quantitative estimate of drug-likeness (QED) is 0.349. The topological polar surface area (TPSA) is 88.5 Å². The summed E-state index contributed by atoms with van der Waals surface area (Å²) in [7, 11) is 0. The summed E-state index contributed by atoms with van der Waals surface area (Å²) in [4.78, 5) is 28.6. The van der Waals surface area contributed by atoms with Crippen LogP contribution in [0.15, 0.2) is 84.9 Å². The van der Waals surface area contributed by atoms with E-state index in [-0.39, 0.29) is 18.6 Å². The lowest BCUT2D eigenvalue weighted by molar-refractivity contribution is -0.139. The van der Waals surface area contributed by atoms with Gasteiger partial charge in [-0.25, -0.2) is 9.78 Å². The Morgan fingerprint density at radius 3 is 2.28 bits per heavy atom. The van der Waals surface area contributed by atoms with E-state index in [4.69, 9.17) is 4.74 Å². The van der Waals surface area contributed by atoms with Crippen LogP contribution in [-0.4, -0.2) is 28.0 Å². The molecule has 9 heteroatoms. The number of carbonyl (C=O) groups excluding carboxylic acids is 1. The Kier molecular flexibility index (Phi) is 7.19. The predicted octanol–water partition coefficient (Wildman–Crippen LogP) is 5.26. The van der Waals surface area contributed by atoms with Gasteiger partial charge in [0.25, 0.3) is 5.91 Å². The minimum Gasteiger partial charge on any atom is -0.487 e. The van der Waals surface area contributed by atoms with E-state index >= 15 is 0 Å². The van der Waals surface area contributed by atoms with Crippen molar-refractivity contribution in [3.05, 3.63) is 107 Å². The number of hydrogen-bond donors (Lipinski definition) is 2. The molecule has 2 N–H and O–H groups in total. The van der Waals surface area contributed by atoms with Crippen molar-refractivity contribution in [1.29, 1.82) is 0 Å². The minimum absolute atomic E-state index is 0.0196. The van der Waals surface area contributed by atoms with Gasteiger partial charge in [-0.1, -0.05) is 36.4 Å². The van der Waals surface area contributed by atoms with E-state index < -0.39 is 29.7 Å². The first-order valence-corrected chi connectivity index (χ1v) is 11.0. The molecule has 4 rings (SSSR count). The molecule has 0 saturated heterocycles. The lowest BCUT2D eigenvalue weighted by Crippen LogP contribution is -2.42. The number of rotatable bonds is 8. The van der Waals surface area contributed by atoms with E-state index in [1.807, 2.05) is 36.4 Å². The molecule has 1 aromatic heterocycles. The fourth-order valence-electron chi connectivity index (χ4n) is 3.56. The van der Waals surface area contributed by atoms with Crippen LogP contribution in [0.2, 0.25) is 0 Å². The van der Waals surface area contributed by atoms with Gasteiger partial charge in [-0.2, -0.15) is 13.2 Å². The maximum absolute atomic E-state index is 12.7. The van der Waals surface area contributed by atoms with Crippen molar-refractivity contribution in [2.24, 2.45) is 0 Å². The maximum Gasteiger partial charge on any atom is 0.416 e. The lowest BCUT2D eigenvalue weighted by atomic mass is 10.0. The third-order valence-corrected chi connectivity index (χ3v) is 5.48. The summed E-state index contributed by atoms with van der Waals surface area (Å²) in [5, 5.41) is 12.9. The average Bonchev–Trinajstić information content (AvgIpc) is 2.87. The van der Waals surface area contributed by atoms with Gasteiger partial charge in [0.1, 0.15) is 18.4 Å². The number of aliphatic carboxylic acids is 1. The number of benzene rings is 3. The van der Waals surface area contributed by atoms with Gasteiger partial charge in [-0.05, 0) is 54.1 Å². The molecular weight excluding hydrogens is 473 g/mol. The van der Waals surface area contributed by atoms with Crippen LogP contribution in [0.5, 0.6) is 5.75 Å². The zero-order valence-electron chi connectivity index (χ0n) is 18.8. The van der Waals surface area contributed by atoms with Crippen LogP contribution in [0.3, 0.4) is 0 Å². The molecule has 0 aliphatic heterocycles. The number of para-hydroxylation sites is 1. The molecule has 6 nitrogen and oxygen atoms in total. The van der Waals surface area contributed by atoms with Gasteiger partial charge in [0.2, 0.25) is 0 Å². The zero-order chi connectivity index (χ0) is 25.7. The first kappa shape index (κ1) is 24.7. The van der Waals surface area contributed by atoms with E-state index in [0.717, 1.165) is 40.9 Å². The van der Waals surface area contributed by atoms with Crippen LogP contribution < -0.4 is 10.1 Å². The Hall–Kier alpha value is -4.40.